The van der Waals surface area contributed by atoms with Gasteiger partial charge in [-0.2, -0.15) is 0 Å². The molecule has 0 fully saturated rings. The molecule has 128 valence electrons. The van der Waals surface area contributed by atoms with Crippen molar-refractivity contribution in [3.63, 3.8) is 0 Å². The summed E-state index contributed by atoms with van der Waals surface area (Å²) in [5, 5.41) is -1.10. The Morgan fingerprint density at radius 3 is 2.25 bits per heavy atom. The van der Waals surface area contributed by atoms with Crippen LogP contribution in [0.3, 0.4) is 0 Å². The number of pyridine rings is 1. The van der Waals surface area contributed by atoms with Crippen LogP contribution < -0.4 is 0 Å². The van der Waals surface area contributed by atoms with Crippen molar-refractivity contribution in [3.8, 4) is 0 Å². The van der Waals surface area contributed by atoms with Crippen LogP contribution >= 0.6 is 0 Å². The van der Waals surface area contributed by atoms with E-state index in [2.05, 4.69) is 4.98 Å². The summed E-state index contributed by atoms with van der Waals surface area (Å²) in [6.07, 6.45) is 2.74. The summed E-state index contributed by atoms with van der Waals surface area (Å²) in [6.45, 7) is 3.40. The third kappa shape index (κ3) is 4.00. The quantitative estimate of drug-likeness (QED) is 0.833. The first kappa shape index (κ1) is 18.1. The summed E-state index contributed by atoms with van der Waals surface area (Å²) in [4.78, 5) is 18.5. The highest BCUT2D eigenvalue weighted by Gasteiger charge is 2.32. The zero-order valence-corrected chi connectivity index (χ0v) is 15.1. The Kier molecular flexibility index (Phi) is 5.39. The van der Waals surface area contributed by atoms with Crippen LogP contribution in [0.2, 0.25) is 0 Å². The van der Waals surface area contributed by atoms with Crippen molar-refractivity contribution < 1.29 is 13.2 Å². The van der Waals surface area contributed by atoms with Crippen LogP contribution in [0, 0.1) is 6.92 Å². The van der Waals surface area contributed by atoms with E-state index in [0.717, 1.165) is 17.4 Å². The van der Waals surface area contributed by atoms with Gasteiger partial charge in [0.15, 0.2) is 9.84 Å². The van der Waals surface area contributed by atoms with Gasteiger partial charge in [-0.15, -0.1) is 0 Å². The van der Waals surface area contributed by atoms with Crippen LogP contribution in [-0.2, 0) is 14.6 Å². The molecule has 0 aliphatic rings. The number of carbonyl (C=O) groups excluding carboxylic acids is 1. The van der Waals surface area contributed by atoms with Crippen LogP contribution in [0.25, 0.3) is 0 Å². The van der Waals surface area contributed by atoms with Gasteiger partial charge in [-0.3, -0.25) is 9.78 Å². The van der Waals surface area contributed by atoms with Crippen molar-refractivity contribution in [2.45, 2.75) is 25.1 Å². The molecule has 0 aliphatic carbocycles. The van der Waals surface area contributed by atoms with Crippen molar-refractivity contribution in [1.82, 2.24) is 9.88 Å². The fraction of sp³-hybridized carbons (Fsp3) is 0.333. The average molecular weight is 346 g/mol. The molecular weight excluding hydrogens is 324 g/mol. The maximum Gasteiger partial charge on any atom is 0.241 e. The summed E-state index contributed by atoms with van der Waals surface area (Å²) in [5.74, 6) is -0.450. The molecule has 6 heteroatoms. The first-order valence-corrected chi connectivity index (χ1v) is 9.60. The number of benzene rings is 1. The van der Waals surface area contributed by atoms with Crippen LogP contribution in [0.15, 0.2) is 48.7 Å². The summed E-state index contributed by atoms with van der Waals surface area (Å²) >= 11 is 0. The summed E-state index contributed by atoms with van der Waals surface area (Å²) in [5.41, 5.74) is 2.69. The molecule has 5 nitrogen and oxygen atoms in total. The minimum absolute atomic E-state index is 0.441. The molecule has 0 saturated carbocycles. The van der Waals surface area contributed by atoms with Gasteiger partial charge in [-0.1, -0.05) is 35.9 Å². The van der Waals surface area contributed by atoms with E-state index in [1.165, 1.54) is 11.8 Å². The van der Waals surface area contributed by atoms with E-state index >= 15 is 0 Å². The molecule has 0 unspecified atom stereocenters. The average Bonchev–Trinajstić information content (AvgIpc) is 2.55. The van der Waals surface area contributed by atoms with Gasteiger partial charge in [0.25, 0.3) is 0 Å². The maximum absolute atomic E-state index is 12.7. The van der Waals surface area contributed by atoms with Crippen LogP contribution in [0.5, 0.6) is 0 Å². The van der Waals surface area contributed by atoms with Crippen molar-refractivity contribution in [2.75, 3.05) is 13.3 Å². The monoisotopic (exact) mass is 346 g/mol. The Morgan fingerprint density at radius 1 is 1.12 bits per heavy atom. The number of hydrogen-bond donors (Lipinski definition) is 0. The van der Waals surface area contributed by atoms with Crippen molar-refractivity contribution >= 4 is 15.7 Å². The number of aromatic nitrogens is 1. The molecule has 1 aromatic heterocycles. The zero-order valence-electron chi connectivity index (χ0n) is 14.3. The van der Waals surface area contributed by atoms with Gasteiger partial charge in [0.1, 0.15) is 5.25 Å². The largest absolute Gasteiger partial charge is 0.332 e. The number of aryl methyl sites for hydroxylation is 1. The Labute approximate surface area is 143 Å². The molecule has 1 amide bonds. The number of sulfone groups is 1. The lowest BCUT2D eigenvalue weighted by molar-refractivity contribution is -0.130. The Morgan fingerprint density at radius 2 is 1.75 bits per heavy atom. The number of nitrogens with zero attached hydrogens (tertiary/aromatic N) is 2. The molecular formula is C18H22N2O3S. The van der Waals surface area contributed by atoms with Gasteiger partial charge in [0.2, 0.25) is 5.91 Å². The van der Waals surface area contributed by atoms with Gasteiger partial charge in [0.05, 0.1) is 11.7 Å². The summed E-state index contributed by atoms with van der Waals surface area (Å²) in [7, 11) is -1.85. The van der Waals surface area contributed by atoms with Gasteiger partial charge in [-0.05, 0) is 31.5 Å². The minimum Gasteiger partial charge on any atom is -0.332 e. The molecule has 24 heavy (non-hydrogen) atoms. The molecule has 2 rings (SSSR count). The van der Waals surface area contributed by atoms with E-state index in [4.69, 9.17) is 0 Å². The molecule has 1 heterocycles. The molecule has 2 atom stereocenters. The van der Waals surface area contributed by atoms with E-state index in [9.17, 15) is 13.2 Å². The number of hydrogen-bond acceptors (Lipinski definition) is 4. The fourth-order valence-electron chi connectivity index (χ4n) is 2.48. The summed E-state index contributed by atoms with van der Waals surface area (Å²) < 4.78 is 23.5. The molecule has 2 aromatic rings. The second kappa shape index (κ2) is 7.13. The topological polar surface area (TPSA) is 67.3 Å². The molecule has 0 radical (unpaired) electrons. The van der Waals surface area contributed by atoms with E-state index < -0.39 is 27.0 Å². The predicted molar refractivity (Wildman–Crippen MR) is 94.3 cm³/mol. The molecule has 0 aliphatic heterocycles. The highest BCUT2D eigenvalue weighted by molar-refractivity contribution is 7.92. The standard InChI is InChI=1S/C18H22N2O3S/c1-13-8-10-15(11-9-13)17(16-7-5-6-12-19-16)20(3)18(21)14(2)24(4,22)23/h5-12,14,17H,1-4H3/t14-,17-/m1/s1. The lowest BCUT2D eigenvalue weighted by atomic mass is 10.00. The third-order valence-electron chi connectivity index (χ3n) is 4.09. The Bertz CT molecular complexity index is 802. The zero-order chi connectivity index (χ0) is 17.9. The van der Waals surface area contributed by atoms with Gasteiger partial charge >= 0.3 is 0 Å². The Hall–Kier alpha value is -2.21. The SMILES string of the molecule is Cc1ccc([C@H](c2ccccn2)N(C)C(=O)[C@@H](C)S(C)(=O)=O)cc1. The first-order chi connectivity index (χ1) is 11.2. The predicted octanol–water partition coefficient (Wildman–Crippen LogP) is 2.37. The third-order valence-corrected chi connectivity index (χ3v) is 5.57. The lowest BCUT2D eigenvalue weighted by Gasteiger charge is -2.30. The summed E-state index contributed by atoms with van der Waals surface area (Å²) in [6, 6.07) is 12.8. The fourth-order valence-corrected chi connectivity index (χ4v) is 3.01. The van der Waals surface area contributed by atoms with Crippen LogP contribution in [0.4, 0.5) is 0 Å². The molecule has 0 N–H and O–H groups in total. The van der Waals surface area contributed by atoms with Crippen LogP contribution in [-0.4, -0.2) is 42.8 Å². The molecule has 0 saturated heterocycles. The van der Waals surface area contributed by atoms with E-state index in [1.807, 2.05) is 43.3 Å². The van der Waals surface area contributed by atoms with Gasteiger partial charge in [-0.25, -0.2) is 8.42 Å². The number of amides is 1. The van der Waals surface area contributed by atoms with Gasteiger partial charge < -0.3 is 4.90 Å². The molecule has 0 bridgehead atoms. The minimum atomic E-state index is -3.46. The highest BCUT2D eigenvalue weighted by atomic mass is 32.2. The Balaban J connectivity index is 2.46. The maximum atomic E-state index is 12.7. The second-order valence-corrected chi connectivity index (χ2v) is 8.35. The lowest BCUT2D eigenvalue weighted by Crippen LogP contribution is -2.41. The number of rotatable bonds is 5. The highest BCUT2D eigenvalue weighted by Crippen LogP contribution is 2.27. The molecule has 0 spiro atoms. The van der Waals surface area contributed by atoms with Crippen LogP contribution in [0.1, 0.15) is 29.8 Å². The van der Waals surface area contributed by atoms with E-state index in [-0.39, 0.29) is 0 Å². The van der Waals surface area contributed by atoms with E-state index in [0.29, 0.717) is 5.69 Å². The second-order valence-electron chi connectivity index (χ2n) is 5.99. The van der Waals surface area contributed by atoms with E-state index in [1.54, 1.807) is 19.3 Å². The number of carbonyl (C=O) groups is 1. The smallest absolute Gasteiger partial charge is 0.241 e. The first-order valence-electron chi connectivity index (χ1n) is 7.65. The molecule has 1 aromatic carbocycles. The van der Waals surface area contributed by atoms with Crippen molar-refractivity contribution in [1.29, 1.82) is 0 Å². The normalized spacial score (nSPS) is 14.0. The van der Waals surface area contributed by atoms with Crippen molar-refractivity contribution in [3.05, 3.63) is 65.5 Å². The van der Waals surface area contributed by atoms with Crippen molar-refractivity contribution in [2.24, 2.45) is 0 Å². The van der Waals surface area contributed by atoms with Gasteiger partial charge in [0, 0.05) is 19.5 Å².